The summed E-state index contributed by atoms with van der Waals surface area (Å²) in [5, 5.41) is 0. The summed E-state index contributed by atoms with van der Waals surface area (Å²) in [6.45, 7) is 3.27. The molecule has 2 aromatic rings. The number of benzene rings is 1. The molecule has 0 saturated carbocycles. The molecule has 0 spiro atoms. The lowest BCUT2D eigenvalue weighted by Crippen LogP contribution is -2.26. The maximum atomic E-state index is 14.2. The third-order valence-electron chi connectivity index (χ3n) is 3.58. The van der Waals surface area contributed by atoms with E-state index in [1.54, 1.807) is 6.92 Å². The molecule has 2 rings (SSSR count). The predicted octanol–water partition coefficient (Wildman–Crippen LogP) is 6.06. The normalized spacial score (nSPS) is 13.5. The van der Waals surface area contributed by atoms with Gasteiger partial charge in [-0.2, -0.15) is 26.3 Å². The fourth-order valence-corrected chi connectivity index (χ4v) is 3.98. The van der Waals surface area contributed by atoms with Gasteiger partial charge in [-0.3, -0.25) is 0 Å². The minimum Gasteiger partial charge on any atom is -0.312 e. The molecule has 1 aromatic carbocycles. The number of nitrogens with zero attached hydrogens (tertiary/aromatic N) is 2. The Kier molecular flexibility index (Phi) is 6.35. The molecule has 0 saturated heterocycles. The molecule has 0 N–H and O–H groups in total. The van der Waals surface area contributed by atoms with Gasteiger partial charge >= 0.3 is 12.4 Å². The van der Waals surface area contributed by atoms with Gasteiger partial charge in [0, 0.05) is 15.5 Å². The van der Waals surface area contributed by atoms with Crippen LogP contribution < -0.4 is 4.80 Å². The first-order chi connectivity index (χ1) is 12.3. The van der Waals surface area contributed by atoms with Crippen LogP contribution in [0.25, 0.3) is 0 Å². The summed E-state index contributed by atoms with van der Waals surface area (Å²) in [4.78, 5) is 4.64. The molecule has 11 heteroatoms. The topological polar surface area (TPSA) is 17.3 Å². The highest BCUT2D eigenvalue weighted by atomic mass is 32.2. The van der Waals surface area contributed by atoms with Crippen LogP contribution in [0.15, 0.2) is 22.0 Å². The van der Waals surface area contributed by atoms with E-state index in [4.69, 9.17) is 0 Å². The first-order valence-electron chi connectivity index (χ1n) is 7.55. The first kappa shape index (κ1) is 21.8. The fourth-order valence-electron chi connectivity index (χ4n) is 2.19. The number of hydrogen-bond donors (Lipinski definition) is 0. The van der Waals surface area contributed by atoms with Crippen molar-refractivity contribution in [3.05, 3.63) is 38.9 Å². The van der Waals surface area contributed by atoms with Crippen molar-refractivity contribution in [3.63, 3.8) is 0 Å². The number of halogens is 7. The second-order valence-electron chi connectivity index (χ2n) is 5.81. The molecule has 0 bridgehead atoms. The quantitative estimate of drug-likeness (QED) is 0.424. The van der Waals surface area contributed by atoms with Crippen LogP contribution in [-0.2, 0) is 6.54 Å². The second kappa shape index (κ2) is 7.86. The van der Waals surface area contributed by atoms with Gasteiger partial charge in [-0.15, -0.1) is 23.1 Å². The van der Waals surface area contributed by atoms with Crippen LogP contribution in [-0.4, -0.2) is 22.7 Å². The van der Waals surface area contributed by atoms with Crippen LogP contribution in [0.2, 0.25) is 0 Å². The van der Waals surface area contributed by atoms with E-state index in [0.29, 0.717) is 27.9 Å². The molecule has 0 unspecified atom stereocenters. The van der Waals surface area contributed by atoms with E-state index in [0.717, 1.165) is 28.0 Å². The van der Waals surface area contributed by atoms with E-state index < -0.39 is 30.5 Å². The number of rotatable bonds is 4. The van der Waals surface area contributed by atoms with E-state index in [9.17, 15) is 30.7 Å². The average molecular weight is 432 g/mol. The number of hydrogen-bond acceptors (Lipinski definition) is 3. The molecule has 0 aliphatic carbocycles. The Balaban J connectivity index is 2.52. The van der Waals surface area contributed by atoms with Crippen LogP contribution in [0.1, 0.15) is 16.1 Å². The van der Waals surface area contributed by atoms with E-state index in [1.165, 1.54) is 13.8 Å². The lowest BCUT2D eigenvalue weighted by atomic mass is 10.2. The Hall–Kier alpha value is -1.49. The van der Waals surface area contributed by atoms with Gasteiger partial charge in [0.1, 0.15) is 18.0 Å². The Labute approximate surface area is 158 Å². The van der Waals surface area contributed by atoms with Gasteiger partial charge in [-0.1, -0.05) is 0 Å². The van der Waals surface area contributed by atoms with Gasteiger partial charge in [0.2, 0.25) is 0 Å². The highest BCUT2D eigenvalue weighted by Gasteiger charge is 2.30. The molecular formula is C16H15F7N2S2. The SMILES string of the molecule is Cc1cc(F)c(N=c2sc(C)c(C)n2CC(F)(F)F)cc1SCC(F)(F)F. The lowest BCUT2D eigenvalue weighted by molar-refractivity contribution is -0.141. The summed E-state index contributed by atoms with van der Waals surface area (Å²) in [6.07, 6.45) is -8.90. The third-order valence-corrected chi connectivity index (χ3v) is 5.90. The molecule has 0 fully saturated rings. The first-order valence-corrected chi connectivity index (χ1v) is 9.35. The summed E-state index contributed by atoms with van der Waals surface area (Å²) >= 11 is 1.43. The zero-order chi connectivity index (χ0) is 20.6. The van der Waals surface area contributed by atoms with Crippen LogP contribution in [0.5, 0.6) is 0 Å². The van der Waals surface area contributed by atoms with Crippen molar-refractivity contribution in [1.82, 2.24) is 4.57 Å². The number of aryl methyl sites for hydroxylation is 2. The van der Waals surface area contributed by atoms with E-state index in [2.05, 4.69) is 4.99 Å². The summed E-state index contributed by atoms with van der Waals surface area (Å²) in [5.41, 5.74) is 0.333. The standard InChI is InChI=1S/C16H15F7N2S2/c1-8-4-11(17)12(5-13(8)26-7-16(21,22)23)24-14-25(6-15(18,19)20)9(2)10(3)27-14/h4-5H,6-7H2,1-3H3. The average Bonchev–Trinajstić information content (AvgIpc) is 2.74. The molecule has 0 radical (unpaired) electrons. The zero-order valence-corrected chi connectivity index (χ0v) is 16.1. The zero-order valence-electron chi connectivity index (χ0n) is 14.4. The van der Waals surface area contributed by atoms with Crippen LogP contribution in [0.3, 0.4) is 0 Å². The van der Waals surface area contributed by atoms with Gasteiger partial charge in [0.15, 0.2) is 4.80 Å². The summed E-state index contributed by atoms with van der Waals surface area (Å²) < 4.78 is 90.9. The molecule has 1 heterocycles. The van der Waals surface area contributed by atoms with Gasteiger partial charge in [0.05, 0.1) is 5.75 Å². The van der Waals surface area contributed by atoms with Crippen LogP contribution >= 0.6 is 23.1 Å². The van der Waals surface area contributed by atoms with Gasteiger partial charge in [0.25, 0.3) is 0 Å². The molecule has 0 aliphatic heterocycles. The number of thiazole rings is 1. The Morgan fingerprint density at radius 2 is 1.67 bits per heavy atom. The molecule has 150 valence electrons. The van der Waals surface area contributed by atoms with Crippen LogP contribution in [0, 0.1) is 26.6 Å². The van der Waals surface area contributed by atoms with Gasteiger partial charge in [-0.25, -0.2) is 9.38 Å². The molecular weight excluding hydrogens is 417 g/mol. The maximum Gasteiger partial charge on any atom is 0.406 e. The van der Waals surface area contributed by atoms with Crippen molar-refractivity contribution in [3.8, 4) is 0 Å². The molecule has 0 atom stereocenters. The van der Waals surface area contributed by atoms with Crippen molar-refractivity contribution in [2.45, 2.75) is 44.6 Å². The Morgan fingerprint density at radius 3 is 2.22 bits per heavy atom. The minimum atomic E-state index is -4.49. The smallest absolute Gasteiger partial charge is 0.312 e. The molecule has 0 amide bonds. The highest BCUT2D eigenvalue weighted by Crippen LogP contribution is 2.33. The summed E-state index contributed by atoms with van der Waals surface area (Å²) in [7, 11) is 0. The van der Waals surface area contributed by atoms with Crippen molar-refractivity contribution in [2.75, 3.05) is 5.75 Å². The van der Waals surface area contributed by atoms with Crippen molar-refractivity contribution < 1.29 is 30.7 Å². The number of alkyl halides is 6. The predicted molar refractivity (Wildman–Crippen MR) is 91.0 cm³/mol. The lowest BCUT2D eigenvalue weighted by Gasteiger charge is -2.11. The van der Waals surface area contributed by atoms with Crippen molar-refractivity contribution in [1.29, 1.82) is 0 Å². The van der Waals surface area contributed by atoms with E-state index in [1.807, 2.05) is 0 Å². The molecule has 27 heavy (non-hydrogen) atoms. The summed E-state index contributed by atoms with van der Waals surface area (Å²) in [6, 6.07) is 2.16. The number of aromatic nitrogens is 1. The van der Waals surface area contributed by atoms with Crippen LogP contribution in [0.4, 0.5) is 36.4 Å². The van der Waals surface area contributed by atoms with Gasteiger partial charge < -0.3 is 4.57 Å². The molecule has 2 nitrogen and oxygen atoms in total. The largest absolute Gasteiger partial charge is 0.406 e. The molecule has 0 aliphatic rings. The second-order valence-corrected chi connectivity index (χ2v) is 8.01. The number of thioether (sulfide) groups is 1. The Bertz CT molecular complexity index is 892. The Morgan fingerprint density at radius 1 is 1.04 bits per heavy atom. The van der Waals surface area contributed by atoms with Crippen molar-refractivity contribution in [2.24, 2.45) is 4.99 Å². The monoisotopic (exact) mass is 432 g/mol. The maximum absolute atomic E-state index is 14.2. The highest BCUT2D eigenvalue weighted by molar-refractivity contribution is 7.99. The van der Waals surface area contributed by atoms with Gasteiger partial charge in [-0.05, 0) is 38.5 Å². The minimum absolute atomic E-state index is 0.0724. The third kappa shape index (κ3) is 6.00. The van der Waals surface area contributed by atoms with E-state index >= 15 is 0 Å². The van der Waals surface area contributed by atoms with Crippen molar-refractivity contribution >= 4 is 28.8 Å². The fraction of sp³-hybridized carbons (Fsp3) is 0.438. The molecule has 1 aromatic heterocycles. The summed E-state index contributed by atoms with van der Waals surface area (Å²) in [5.74, 6) is -1.98. The van der Waals surface area contributed by atoms with E-state index in [-0.39, 0.29) is 15.4 Å².